The van der Waals surface area contributed by atoms with Gasteiger partial charge in [-0.1, -0.05) is 42.5 Å². The number of methoxy groups -OCH3 is 1. The van der Waals surface area contributed by atoms with Crippen molar-refractivity contribution < 1.29 is 22.7 Å². The molecule has 1 amide bonds. The van der Waals surface area contributed by atoms with Crippen LogP contribution in [0.1, 0.15) is 12.5 Å². The third-order valence-electron chi connectivity index (χ3n) is 4.70. The molecule has 0 unspecified atom stereocenters. The number of ether oxygens (including phenoxy) is 2. The van der Waals surface area contributed by atoms with Crippen LogP contribution in [0.15, 0.2) is 83.8 Å². The van der Waals surface area contributed by atoms with Gasteiger partial charge in [-0.15, -0.1) is 0 Å². The number of nitrogens with zero attached hydrogens (tertiary/aromatic N) is 1. The molecule has 0 aromatic heterocycles. The Kier molecular flexibility index (Phi) is 7.72. The molecule has 7 nitrogen and oxygen atoms in total. The summed E-state index contributed by atoms with van der Waals surface area (Å²) < 4.78 is 38.6. The van der Waals surface area contributed by atoms with Gasteiger partial charge in [-0.2, -0.15) is 0 Å². The molecule has 0 fully saturated rings. The maximum Gasteiger partial charge on any atom is 0.264 e. The Morgan fingerprint density at radius 1 is 0.938 bits per heavy atom. The van der Waals surface area contributed by atoms with Gasteiger partial charge >= 0.3 is 0 Å². The molecule has 8 heteroatoms. The number of hydrogen-bond donors (Lipinski definition) is 1. The molecule has 0 saturated heterocycles. The summed E-state index contributed by atoms with van der Waals surface area (Å²) in [6, 6.07) is 22.1. The first-order chi connectivity index (χ1) is 15.5. The van der Waals surface area contributed by atoms with Crippen molar-refractivity contribution in [1.82, 2.24) is 5.32 Å². The van der Waals surface area contributed by atoms with E-state index in [9.17, 15) is 13.2 Å². The smallest absolute Gasteiger partial charge is 0.264 e. The fourth-order valence-corrected chi connectivity index (χ4v) is 4.56. The highest BCUT2D eigenvalue weighted by molar-refractivity contribution is 7.92. The van der Waals surface area contributed by atoms with E-state index in [0.717, 1.165) is 15.6 Å². The number of para-hydroxylation sites is 2. The second kappa shape index (κ2) is 10.7. The number of nitrogens with one attached hydrogen (secondary N) is 1. The van der Waals surface area contributed by atoms with Crippen molar-refractivity contribution in [2.75, 3.05) is 24.6 Å². The van der Waals surface area contributed by atoms with Crippen molar-refractivity contribution in [3.8, 4) is 11.5 Å². The topological polar surface area (TPSA) is 84.9 Å². The van der Waals surface area contributed by atoms with Crippen molar-refractivity contribution in [2.45, 2.75) is 18.4 Å². The number of benzene rings is 3. The van der Waals surface area contributed by atoms with Crippen LogP contribution in [0.2, 0.25) is 0 Å². The van der Waals surface area contributed by atoms with Crippen LogP contribution < -0.4 is 19.1 Å². The molecule has 0 atom stereocenters. The van der Waals surface area contributed by atoms with Crippen LogP contribution in [0, 0.1) is 0 Å². The SMILES string of the molecule is CCOc1ccc(CNC(=O)CN(c2ccccc2OC)S(=O)(=O)c2ccccc2)cc1. The highest BCUT2D eigenvalue weighted by Gasteiger charge is 2.29. The van der Waals surface area contributed by atoms with E-state index >= 15 is 0 Å². The van der Waals surface area contributed by atoms with E-state index in [0.29, 0.717) is 12.4 Å². The summed E-state index contributed by atoms with van der Waals surface area (Å²) in [7, 11) is -2.54. The fourth-order valence-electron chi connectivity index (χ4n) is 3.11. The lowest BCUT2D eigenvalue weighted by Crippen LogP contribution is -2.40. The first-order valence-corrected chi connectivity index (χ1v) is 11.6. The van der Waals surface area contributed by atoms with Crippen molar-refractivity contribution in [3.63, 3.8) is 0 Å². The van der Waals surface area contributed by atoms with Crippen molar-refractivity contribution >= 4 is 21.6 Å². The lowest BCUT2D eigenvalue weighted by Gasteiger charge is -2.25. The van der Waals surface area contributed by atoms with Crippen LogP contribution in [0.4, 0.5) is 5.69 Å². The zero-order valence-electron chi connectivity index (χ0n) is 18.0. The predicted octanol–water partition coefficient (Wildman–Crippen LogP) is 3.61. The van der Waals surface area contributed by atoms with Crippen LogP contribution in [0.3, 0.4) is 0 Å². The van der Waals surface area contributed by atoms with Gasteiger partial charge in [-0.05, 0) is 48.9 Å². The number of carbonyl (C=O) groups excluding carboxylic acids is 1. The second-order valence-electron chi connectivity index (χ2n) is 6.85. The largest absolute Gasteiger partial charge is 0.495 e. The molecule has 3 aromatic rings. The Hall–Kier alpha value is -3.52. The van der Waals surface area contributed by atoms with E-state index < -0.39 is 22.5 Å². The molecule has 0 spiro atoms. The van der Waals surface area contributed by atoms with E-state index in [4.69, 9.17) is 9.47 Å². The van der Waals surface area contributed by atoms with Gasteiger partial charge in [0.15, 0.2) is 0 Å². The molecular weight excluding hydrogens is 428 g/mol. The average Bonchev–Trinajstić information content (AvgIpc) is 2.82. The van der Waals surface area contributed by atoms with Gasteiger partial charge in [0.1, 0.15) is 18.0 Å². The van der Waals surface area contributed by atoms with E-state index in [1.807, 2.05) is 31.2 Å². The minimum Gasteiger partial charge on any atom is -0.495 e. The molecule has 3 aromatic carbocycles. The minimum atomic E-state index is -4.00. The number of carbonyl (C=O) groups is 1. The van der Waals surface area contributed by atoms with E-state index in [1.54, 1.807) is 42.5 Å². The number of rotatable bonds is 10. The summed E-state index contributed by atoms with van der Waals surface area (Å²) in [6.45, 7) is 2.35. The third kappa shape index (κ3) is 5.59. The van der Waals surface area contributed by atoms with Crippen molar-refractivity contribution in [3.05, 3.63) is 84.4 Å². The van der Waals surface area contributed by atoms with Gasteiger partial charge in [-0.25, -0.2) is 8.42 Å². The van der Waals surface area contributed by atoms with Gasteiger partial charge in [0.05, 0.1) is 24.3 Å². The monoisotopic (exact) mass is 454 g/mol. The second-order valence-corrected chi connectivity index (χ2v) is 8.71. The van der Waals surface area contributed by atoms with Gasteiger partial charge in [0.25, 0.3) is 10.0 Å². The Balaban J connectivity index is 1.82. The van der Waals surface area contributed by atoms with Gasteiger partial charge in [-0.3, -0.25) is 9.10 Å². The Morgan fingerprint density at radius 2 is 1.59 bits per heavy atom. The van der Waals surface area contributed by atoms with E-state index in [1.165, 1.54) is 19.2 Å². The van der Waals surface area contributed by atoms with Crippen molar-refractivity contribution in [2.24, 2.45) is 0 Å². The Labute approximate surface area is 188 Å². The van der Waals surface area contributed by atoms with Gasteiger partial charge in [0, 0.05) is 6.54 Å². The number of hydrogen-bond acceptors (Lipinski definition) is 5. The molecule has 0 radical (unpaired) electrons. The highest BCUT2D eigenvalue weighted by Crippen LogP contribution is 2.32. The Morgan fingerprint density at radius 3 is 2.25 bits per heavy atom. The van der Waals surface area contributed by atoms with Crippen LogP contribution in [-0.4, -0.2) is 34.6 Å². The zero-order chi connectivity index (χ0) is 23.0. The summed E-state index contributed by atoms with van der Waals surface area (Å²) in [6.07, 6.45) is 0. The number of sulfonamides is 1. The van der Waals surface area contributed by atoms with E-state index in [2.05, 4.69) is 5.32 Å². The van der Waals surface area contributed by atoms with Gasteiger partial charge < -0.3 is 14.8 Å². The molecular formula is C24H26N2O5S. The molecule has 0 aliphatic heterocycles. The molecule has 1 N–H and O–H groups in total. The molecule has 0 saturated carbocycles. The molecule has 32 heavy (non-hydrogen) atoms. The molecule has 0 heterocycles. The quantitative estimate of drug-likeness (QED) is 0.506. The lowest BCUT2D eigenvalue weighted by atomic mass is 10.2. The normalized spacial score (nSPS) is 10.9. The molecule has 0 aliphatic rings. The fraction of sp³-hybridized carbons (Fsp3) is 0.208. The highest BCUT2D eigenvalue weighted by atomic mass is 32.2. The van der Waals surface area contributed by atoms with Gasteiger partial charge in [0.2, 0.25) is 5.91 Å². The molecule has 3 rings (SSSR count). The van der Waals surface area contributed by atoms with Crippen LogP contribution in [0.5, 0.6) is 11.5 Å². The number of anilines is 1. The van der Waals surface area contributed by atoms with Crippen molar-refractivity contribution in [1.29, 1.82) is 0 Å². The van der Waals surface area contributed by atoms with Crippen LogP contribution in [0.25, 0.3) is 0 Å². The molecule has 168 valence electrons. The minimum absolute atomic E-state index is 0.0882. The standard InChI is InChI=1S/C24H26N2O5S/c1-3-31-20-15-13-19(14-16-20)17-25-24(27)18-26(22-11-7-8-12-23(22)30-2)32(28,29)21-9-5-4-6-10-21/h4-16H,3,17-18H2,1-2H3,(H,25,27). The molecule has 0 bridgehead atoms. The maximum absolute atomic E-state index is 13.4. The summed E-state index contributed by atoms with van der Waals surface area (Å²) in [5, 5.41) is 2.79. The summed E-state index contributed by atoms with van der Waals surface area (Å²) in [5.41, 5.74) is 1.16. The first-order valence-electron chi connectivity index (χ1n) is 10.1. The zero-order valence-corrected chi connectivity index (χ0v) is 18.8. The maximum atomic E-state index is 13.4. The Bertz CT molecular complexity index is 1130. The summed E-state index contributed by atoms with van der Waals surface area (Å²) in [5.74, 6) is 0.662. The molecule has 0 aliphatic carbocycles. The number of amides is 1. The summed E-state index contributed by atoms with van der Waals surface area (Å²) in [4.78, 5) is 12.9. The average molecular weight is 455 g/mol. The van der Waals surface area contributed by atoms with Crippen LogP contribution >= 0.6 is 0 Å². The van der Waals surface area contributed by atoms with E-state index in [-0.39, 0.29) is 17.1 Å². The predicted molar refractivity (Wildman–Crippen MR) is 123 cm³/mol. The third-order valence-corrected chi connectivity index (χ3v) is 6.47. The summed E-state index contributed by atoms with van der Waals surface area (Å²) >= 11 is 0. The lowest BCUT2D eigenvalue weighted by molar-refractivity contribution is -0.119. The first kappa shape index (κ1) is 23.1. The van der Waals surface area contributed by atoms with Crippen LogP contribution in [-0.2, 0) is 21.4 Å².